The van der Waals surface area contributed by atoms with Crippen LogP contribution in [0.5, 0.6) is 11.5 Å². The predicted molar refractivity (Wildman–Crippen MR) is 127 cm³/mol. The van der Waals surface area contributed by atoms with E-state index in [0.717, 1.165) is 5.56 Å². The number of amidine groups is 1. The molecule has 0 aliphatic carbocycles. The van der Waals surface area contributed by atoms with Gasteiger partial charge in [-0.15, -0.1) is 0 Å². The lowest BCUT2D eigenvalue weighted by Gasteiger charge is -2.14. The molecule has 0 aromatic heterocycles. The van der Waals surface area contributed by atoms with Crippen LogP contribution in [-0.4, -0.2) is 48.8 Å². The molecule has 168 valence electrons. The van der Waals surface area contributed by atoms with Gasteiger partial charge in [-0.05, 0) is 80.6 Å². The molecule has 0 N–H and O–H groups in total. The Labute approximate surface area is 192 Å². The van der Waals surface area contributed by atoms with Crippen molar-refractivity contribution in [3.05, 3.63) is 58.5 Å². The Hall–Kier alpha value is -3.26. The number of likely N-dealkylation sites (N-methyl/N-ethyl adjacent to an activating group) is 1. The zero-order valence-corrected chi connectivity index (χ0v) is 19.6. The second kappa shape index (κ2) is 10.4. The predicted octanol–water partition coefficient (Wildman–Crippen LogP) is 4.89. The Morgan fingerprint density at radius 3 is 2.44 bits per heavy atom. The molecular weight excluding hydrogens is 428 g/mol. The Morgan fingerprint density at radius 1 is 1.12 bits per heavy atom. The monoisotopic (exact) mass is 454 g/mol. The summed E-state index contributed by atoms with van der Waals surface area (Å²) in [5.41, 5.74) is 1.91. The average Bonchev–Trinajstić information content (AvgIpc) is 3.08. The quantitative estimate of drug-likeness (QED) is 0.438. The summed E-state index contributed by atoms with van der Waals surface area (Å²) in [6, 6.07) is 12.3. The molecule has 0 radical (unpaired) electrons. The van der Waals surface area contributed by atoms with Crippen LogP contribution in [0.1, 0.15) is 36.7 Å². The van der Waals surface area contributed by atoms with E-state index in [1.165, 1.54) is 18.9 Å². The highest BCUT2D eigenvalue weighted by Gasteiger charge is 2.32. The third-order valence-corrected chi connectivity index (χ3v) is 5.57. The van der Waals surface area contributed by atoms with Crippen LogP contribution in [0.15, 0.2) is 52.4 Å². The number of methoxy groups -OCH3 is 2. The molecule has 0 spiro atoms. The lowest BCUT2D eigenvalue weighted by Crippen LogP contribution is -2.28. The fourth-order valence-corrected chi connectivity index (χ4v) is 4.11. The summed E-state index contributed by atoms with van der Waals surface area (Å²) in [6.45, 7) is 6.30. The lowest BCUT2D eigenvalue weighted by molar-refractivity contribution is -0.122. The van der Waals surface area contributed by atoms with Gasteiger partial charge in [-0.1, -0.05) is 6.07 Å². The van der Waals surface area contributed by atoms with Crippen LogP contribution in [0.25, 0.3) is 6.08 Å². The van der Waals surface area contributed by atoms with Crippen LogP contribution in [0.2, 0.25) is 0 Å². The standard InChI is InChI=1S/C24H26N2O5S/c1-6-26-22(27)21(14-16-7-12-19(31-15(2)3)20(13-16)29-4)32-24(26)25-18-10-8-17(9-11-18)23(28)30-5/h7-15H,6H2,1-5H3/b21-14+,25-24?. The summed E-state index contributed by atoms with van der Waals surface area (Å²) in [6.07, 6.45) is 1.85. The minimum absolute atomic E-state index is 0.0265. The van der Waals surface area contributed by atoms with Crippen LogP contribution < -0.4 is 9.47 Å². The zero-order chi connectivity index (χ0) is 23.3. The number of thioether (sulfide) groups is 1. The summed E-state index contributed by atoms with van der Waals surface area (Å²) < 4.78 is 15.9. The summed E-state index contributed by atoms with van der Waals surface area (Å²) in [7, 11) is 2.93. The molecule has 0 saturated carbocycles. The molecule has 1 amide bonds. The number of esters is 1. The molecule has 0 bridgehead atoms. The molecule has 32 heavy (non-hydrogen) atoms. The molecular formula is C24H26N2O5S. The highest BCUT2D eigenvalue weighted by atomic mass is 32.2. The van der Waals surface area contributed by atoms with Crippen LogP contribution in [0, 0.1) is 0 Å². The maximum Gasteiger partial charge on any atom is 0.337 e. The number of amides is 1. The molecule has 1 aliphatic rings. The average molecular weight is 455 g/mol. The number of benzene rings is 2. The number of aliphatic imine (C=N–C) groups is 1. The first-order valence-electron chi connectivity index (χ1n) is 10.2. The fourth-order valence-electron chi connectivity index (χ4n) is 3.05. The van der Waals surface area contributed by atoms with Crippen molar-refractivity contribution >= 4 is 40.6 Å². The smallest absolute Gasteiger partial charge is 0.337 e. The van der Waals surface area contributed by atoms with Gasteiger partial charge in [0, 0.05) is 6.54 Å². The lowest BCUT2D eigenvalue weighted by atomic mass is 10.2. The molecule has 8 heteroatoms. The van der Waals surface area contributed by atoms with Gasteiger partial charge in [-0.3, -0.25) is 9.69 Å². The minimum Gasteiger partial charge on any atom is -0.493 e. The Balaban J connectivity index is 1.87. The topological polar surface area (TPSA) is 77.4 Å². The van der Waals surface area contributed by atoms with E-state index in [1.807, 2.05) is 45.0 Å². The van der Waals surface area contributed by atoms with Crippen LogP contribution in [0.4, 0.5) is 5.69 Å². The Morgan fingerprint density at radius 2 is 1.84 bits per heavy atom. The third-order valence-electron chi connectivity index (χ3n) is 4.57. The molecule has 1 heterocycles. The van der Waals surface area contributed by atoms with Gasteiger partial charge in [0.2, 0.25) is 0 Å². The molecule has 2 aromatic carbocycles. The first-order valence-corrected chi connectivity index (χ1v) is 11.0. The number of hydrogen-bond acceptors (Lipinski definition) is 7. The van der Waals surface area contributed by atoms with Gasteiger partial charge < -0.3 is 14.2 Å². The van der Waals surface area contributed by atoms with Gasteiger partial charge in [0.15, 0.2) is 16.7 Å². The molecule has 3 rings (SSSR count). The van der Waals surface area contributed by atoms with Crippen molar-refractivity contribution in [1.82, 2.24) is 4.90 Å². The van der Waals surface area contributed by atoms with Crippen LogP contribution in [-0.2, 0) is 9.53 Å². The van der Waals surface area contributed by atoms with Gasteiger partial charge in [0.25, 0.3) is 5.91 Å². The molecule has 1 saturated heterocycles. The molecule has 7 nitrogen and oxygen atoms in total. The number of hydrogen-bond donors (Lipinski definition) is 0. The number of nitrogens with zero attached hydrogens (tertiary/aromatic N) is 2. The van der Waals surface area contributed by atoms with E-state index in [0.29, 0.717) is 39.4 Å². The van der Waals surface area contributed by atoms with Crippen LogP contribution in [0.3, 0.4) is 0 Å². The van der Waals surface area contributed by atoms with Crippen molar-refractivity contribution in [2.45, 2.75) is 26.9 Å². The van der Waals surface area contributed by atoms with E-state index in [1.54, 1.807) is 36.3 Å². The van der Waals surface area contributed by atoms with Crippen molar-refractivity contribution in [3.8, 4) is 11.5 Å². The summed E-state index contributed by atoms with van der Waals surface area (Å²) in [5.74, 6) is 0.748. The number of carbonyl (C=O) groups is 2. The Kier molecular flexibility index (Phi) is 7.58. The number of ether oxygens (including phenoxy) is 3. The van der Waals surface area contributed by atoms with Crippen molar-refractivity contribution in [3.63, 3.8) is 0 Å². The van der Waals surface area contributed by atoms with Gasteiger partial charge in [-0.2, -0.15) is 0 Å². The van der Waals surface area contributed by atoms with E-state index < -0.39 is 5.97 Å². The Bertz CT molecular complexity index is 1060. The van der Waals surface area contributed by atoms with Crippen molar-refractivity contribution in [1.29, 1.82) is 0 Å². The van der Waals surface area contributed by atoms with Gasteiger partial charge in [0.05, 0.1) is 36.5 Å². The summed E-state index contributed by atoms with van der Waals surface area (Å²) >= 11 is 1.31. The molecule has 0 atom stereocenters. The first-order chi connectivity index (χ1) is 15.4. The van der Waals surface area contributed by atoms with Crippen molar-refractivity contribution in [2.75, 3.05) is 20.8 Å². The highest BCUT2D eigenvalue weighted by molar-refractivity contribution is 8.18. The largest absolute Gasteiger partial charge is 0.493 e. The highest BCUT2D eigenvalue weighted by Crippen LogP contribution is 2.36. The third kappa shape index (κ3) is 5.31. The van der Waals surface area contributed by atoms with Crippen LogP contribution >= 0.6 is 11.8 Å². The van der Waals surface area contributed by atoms with Crippen molar-refractivity contribution < 1.29 is 23.8 Å². The summed E-state index contributed by atoms with van der Waals surface area (Å²) in [4.78, 5) is 31.3. The summed E-state index contributed by atoms with van der Waals surface area (Å²) in [5, 5.41) is 0.585. The van der Waals surface area contributed by atoms with E-state index in [9.17, 15) is 9.59 Å². The number of rotatable bonds is 7. The number of carbonyl (C=O) groups excluding carboxylic acids is 2. The maximum atomic E-state index is 12.9. The second-order valence-electron chi connectivity index (χ2n) is 7.17. The molecule has 0 unspecified atom stereocenters. The molecule has 2 aromatic rings. The van der Waals surface area contributed by atoms with Gasteiger partial charge in [-0.25, -0.2) is 9.79 Å². The van der Waals surface area contributed by atoms with Gasteiger partial charge in [0.1, 0.15) is 0 Å². The SMILES string of the molecule is CCN1C(=O)/C(=C\c2ccc(OC(C)C)c(OC)c2)SC1=Nc1ccc(C(=O)OC)cc1. The maximum absolute atomic E-state index is 12.9. The van der Waals surface area contributed by atoms with E-state index in [4.69, 9.17) is 14.2 Å². The fraction of sp³-hybridized carbons (Fsp3) is 0.292. The van der Waals surface area contributed by atoms with E-state index >= 15 is 0 Å². The van der Waals surface area contributed by atoms with E-state index in [2.05, 4.69) is 4.99 Å². The molecule has 1 fully saturated rings. The molecule has 1 aliphatic heterocycles. The zero-order valence-electron chi connectivity index (χ0n) is 18.7. The first kappa shape index (κ1) is 23.4. The van der Waals surface area contributed by atoms with E-state index in [-0.39, 0.29) is 12.0 Å². The van der Waals surface area contributed by atoms with Crippen molar-refractivity contribution in [2.24, 2.45) is 4.99 Å². The normalized spacial score (nSPS) is 16.2. The minimum atomic E-state index is -0.407. The van der Waals surface area contributed by atoms with Gasteiger partial charge >= 0.3 is 5.97 Å². The second-order valence-corrected chi connectivity index (χ2v) is 8.18.